The van der Waals surface area contributed by atoms with Crippen LogP contribution in [0.15, 0.2) is 24.3 Å². The SMILES string of the molecule is CCOc1ccc(N2CCC(CN)S2(=O)=O)cc1. The van der Waals surface area contributed by atoms with Crippen molar-refractivity contribution in [3.05, 3.63) is 24.3 Å². The highest BCUT2D eigenvalue weighted by molar-refractivity contribution is 7.93. The van der Waals surface area contributed by atoms with E-state index in [1.165, 1.54) is 4.31 Å². The van der Waals surface area contributed by atoms with E-state index in [0.29, 0.717) is 25.3 Å². The molecule has 2 rings (SSSR count). The summed E-state index contributed by atoms with van der Waals surface area (Å²) < 4.78 is 31.1. The lowest BCUT2D eigenvalue weighted by Crippen LogP contribution is -2.33. The van der Waals surface area contributed by atoms with Crippen molar-refractivity contribution < 1.29 is 13.2 Å². The van der Waals surface area contributed by atoms with Gasteiger partial charge in [-0.25, -0.2) is 8.42 Å². The van der Waals surface area contributed by atoms with Gasteiger partial charge in [-0.1, -0.05) is 0 Å². The van der Waals surface area contributed by atoms with E-state index in [4.69, 9.17) is 10.5 Å². The molecule has 100 valence electrons. The largest absolute Gasteiger partial charge is 0.494 e. The molecule has 6 heteroatoms. The molecule has 0 amide bonds. The fourth-order valence-electron chi connectivity index (χ4n) is 2.11. The molecule has 1 atom stereocenters. The summed E-state index contributed by atoms with van der Waals surface area (Å²) in [4.78, 5) is 0. The van der Waals surface area contributed by atoms with E-state index in [1.807, 2.05) is 6.92 Å². The van der Waals surface area contributed by atoms with Gasteiger partial charge in [0.25, 0.3) is 0 Å². The Bertz CT molecular complexity index is 499. The van der Waals surface area contributed by atoms with E-state index < -0.39 is 15.3 Å². The minimum Gasteiger partial charge on any atom is -0.494 e. The minimum atomic E-state index is -3.29. The number of benzene rings is 1. The zero-order chi connectivity index (χ0) is 13.2. The van der Waals surface area contributed by atoms with Crippen LogP contribution < -0.4 is 14.8 Å². The van der Waals surface area contributed by atoms with Crippen LogP contribution in [0.5, 0.6) is 5.75 Å². The highest BCUT2D eigenvalue weighted by Gasteiger charge is 2.37. The fraction of sp³-hybridized carbons (Fsp3) is 0.500. The van der Waals surface area contributed by atoms with Gasteiger partial charge in [0, 0.05) is 13.1 Å². The van der Waals surface area contributed by atoms with Crippen LogP contribution >= 0.6 is 0 Å². The summed E-state index contributed by atoms with van der Waals surface area (Å²) in [7, 11) is -3.29. The van der Waals surface area contributed by atoms with E-state index in [2.05, 4.69) is 0 Å². The molecule has 2 N–H and O–H groups in total. The molecule has 0 spiro atoms. The Morgan fingerprint density at radius 1 is 1.39 bits per heavy atom. The molecule has 0 bridgehead atoms. The van der Waals surface area contributed by atoms with Crippen LogP contribution in [0.25, 0.3) is 0 Å². The highest BCUT2D eigenvalue weighted by Crippen LogP contribution is 2.29. The Kier molecular flexibility index (Phi) is 3.77. The van der Waals surface area contributed by atoms with Crippen LogP contribution in [0.1, 0.15) is 13.3 Å². The van der Waals surface area contributed by atoms with Crippen LogP contribution in [-0.2, 0) is 10.0 Å². The average molecular weight is 270 g/mol. The third-order valence-corrected chi connectivity index (χ3v) is 5.36. The lowest BCUT2D eigenvalue weighted by molar-refractivity contribution is 0.340. The smallest absolute Gasteiger partial charge is 0.239 e. The lowest BCUT2D eigenvalue weighted by atomic mass is 10.2. The summed E-state index contributed by atoms with van der Waals surface area (Å²) >= 11 is 0. The fourth-order valence-corrected chi connectivity index (χ4v) is 3.89. The molecule has 1 unspecified atom stereocenters. The standard InChI is InChI=1S/C12H18N2O3S/c1-2-17-11-5-3-10(4-6-11)14-8-7-12(9-13)18(14,15)16/h3-6,12H,2,7-9,13H2,1H3. The van der Waals surface area contributed by atoms with Crippen molar-refractivity contribution in [2.75, 3.05) is 24.0 Å². The summed E-state index contributed by atoms with van der Waals surface area (Å²) in [5, 5.41) is -0.455. The summed E-state index contributed by atoms with van der Waals surface area (Å²) in [6.07, 6.45) is 0.589. The molecule has 18 heavy (non-hydrogen) atoms. The molecule has 1 aromatic carbocycles. The quantitative estimate of drug-likeness (QED) is 0.884. The van der Waals surface area contributed by atoms with Gasteiger partial charge in [-0.05, 0) is 37.6 Å². The van der Waals surface area contributed by atoms with E-state index in [1.54, 1.807) is 24.3 Å². The number of nitrogens with zero attached hydrogens (tertiary/aromatic N) is 1. The predicted molar refractivity (Wildman–Crippen MR) is 71.3 cm³/mol. The van der Waals surface area contributed by atoms with Crippen molar-refractivity contribution in [1.29, 1.82) is 0 Å². The highest BCUT2D eigenvalue weighted by atomic mass is 32.2. The van der Waals surface area contributed by atoms with Gasteiger partial charge < -0.3 is 10.5 Å². The van der Waals surface area contributed by atoms with Crippen LogP contribution in [-0.4, -0.2) is 33.4 Å². The van der Waals surface area contributed by atoms with Gasteiger partial charge in [0.05, 0.1) is 17.5 Å². The Hall–Kier alpha value is -1.27. The number of anilines is 1. The molecule has 1 heterocycles. The zero-order valence-electron chi connectivity index (χ0n) is 10.4. The summed E-state index contributed by atoms with van der Waals surface area (Å²) in [5.41, 5.74) is 6.16. The van der Waals surface area contributed by atoms with Crippen molar-refractivity contribution in [2.24, 2.45) is 5.73 Å². The third-order valence-electron chi connectivity index (χ3n) is 3.08. The first-order valence-electron chi connectivity index (χ1n) is 6.04. The van der Waals surface area contributed by atoms with Gasteiger partial charge in [-0.2, -0.15) is 0 Å². The lowest BCUT2D eigenvalue weighted by Gasteiger charge is -2.18. The van der Waals surface area contributed by atoms with Crippen LogP contribution in [0, 0.1) is 0 Å². The molecule has 1 fully saturated rings. The number of rotatable bonds is 4. The maximum Gasteiger partial charge on any atom is 0.239 e. The maximum absolute atomic E-state index is 12.1. The van der Waals surface area contributed by atoms with Crippen LogP contribution in [0.3, 0.4) is 0 Å². The molecular weight excluding hydrogens is 252 g/mol. The van der Waals surface area contributed by atoms with Gasteiger partial charge >= 0.3 is 0 Å². The number of hydrogen-bond acceptors (Lipinski definition) is 4. The van der Waals surface area contributed by atoms with Crippen molar-refractivity contribution in [1.82, 2.24) is 0 Å². The number of ether oxygens (including phenoxy) is 1. The first kappa shape index (κ1) is 13.2. The van der Waals surface area contributed by atoms with Gasteiger partial charge in [0.1, 0.15) is 5.75 Å². The van der Waals surface area contributed by atoms with E-state index >= 15 is 0 Å². The molecule has 0 radical (unpaired) electrons. The summed E-state index contributed by atoms with van der Waals surface area (Å²) in [6.45, 7) is 3.18. The number of nitrogens with two attached hydrogens (primary N) is 1. The second kappa shape index (κ2) is 5.16. The van der Waals surface area contributed by atoms with Gasteiger partial charge in [0.2, 0.25) is 10.0 Å². The first-order chi connectivity index (χ1) is 8.59. The van der Waals surface area contributed by atoms with E-state index in [9.17, 15) is 8.42 Å². The predicted octanol–water partition coefficient (Wildman–Crippen LogP) is 0.953. The Morgan fingerprint density at radius 2 is 2.06 bits per heavy atom. The molecule has 5 nitrogen and oxygen atoms in total. The molecule has 1 aliphatic heterocycles. The zero-order valence-corrected chi connectivity index (χ0v) is 11.2. The monoisotopic (exact) mass is 270 g/mol. The van der Waals surface area contributed by atoms with Gasteiger partial charge in [-0.3, -0.25) is 4.31 Å². The second-order valence-electron chi connectivity index (χ2n) is 4.19. The van der Waals surface area contributed by atoms with Crippen molar-refractivity contribution >= 4 is 15.7 Å². The summed E-state index contributed by atoms with van der Waals surface area (Å²) in [6, 6.07) is 7.09. The second-order valence-corrected chi connectivity index (χ2v) is 6.33. The molecule has 0 aliphatic carbocycles. The third kappa shape index (κ3) is 2.30. The Labute approximate surface area is 108 Å². The van der Waals surface area contributed by atoms with Crippen molar-refractivity contribution in [3.63, 3.8) is 0 Å². The molecule has 1 aromatic rings. The van der Waals surface area contributed by atoms with E-state index in [0.717, 1.165) is 5.75 Å². The summed E-state index contributed by atoms with van der Waals surface area (Å²) in [5.74, 6) is 0.744. The number of sulfonamides is 1. The Morgan fingerprint density at radius 3 is 2.56 bits per heavy atom. The molecule has 1 aliphatic rings. The van der Waals surface area contributed by atoms with Crippen LogP contribution in [0.2, 0.25) is 0 Å². The Balaban J connectivity index is 2.22. The van der Waals surface area contributed by atoms with Gasteiger partial charge in [0.15, 0.2) is 0 Å². The van der Waals surface area contributed by atoms with E-state index in [-0.39, 0.29) is 6.54 Å². The maximum atomic E-state index is 12.1. The van der Waals surface area contributed by atoms with Crippen molar-refractivity contribution in [2.45, 2.75) is 18.6 Å². The average Bonchev–Trinajstić information content (AvgIpc) is 2.65. The number of hydrogen-bond donors (Lipinski definition) is 1. The first-order valence-corrected chi connectivity index (χ1v) is 7.54. The van der Waals surface area contributed by atoms with Crippen LogP contribution in [0.4, 0.5) is 5.69 Å². The normalized spacial score (nSPS) is 22.1. The van der Waals surface area contributed by atoms with Gasteiger partial charge in [-0.15, -0.1) is 0 Å². The molecular formula is C12H18N2O3S. The molecule has 0 saturated carbocycles. The van der Waals surface area contributed by atoms with Crippen molar-refractivity contribution in [3.8, 4) is 5.75 Å². The topological polar surface area (TPSA) is 72.6 Å². The minimum absolute atomic E-state index is 0.176. The molecule has 0 aromatic heterocycles. The molecule has 1 saturated heterocycles.